The third-order valence-corrected chi connectivity index (χ3v) is 5.08. The van der Waals surface area contributed by atoms with Crippen LogP contribution in [0, 0.1) is 17.8 Å². The van der Waals surface area contributed by atoms with Crippen LogP contribution in [-0.4, -0.2) is 36.0 Å². The van der Waals surface area contributed by atoms with Gasteiger partial charge in [-0.15, -0.1) is 0 Å². The van der Waals surface area contributed by atoms with Crippen molar-refractivity contribution < 1.29 is 4.79 Å². The van der Waals surface area contributed by atoms with Gasteiger partial charge in [0.05, 0.1) is 0 Å². The predicted octanol–water partition coefficient (Wildman–Crippen LogP) is 2.19. The van der Waals surface area contributed by atoms with E-state index in [1.807, 2.05) is 0 Å². The van der Waals surface area contributed by atoms with Crippen molar-refractivity contribution in [2.75, 3.05) is 13.1 Å². The highest BCUT2D eigenvalue weighted by Crippen LogP contribution is 2.44. The summed E-state index contributed by atoms with van der Waals surface area (Å²) in [5, 5.41) is 3.51. The normalized spacial score (nSPS) is 36.4. The first-order chi connectivity index (χ1) is 9.15. The van der Waals surface area contributed by atoms with Crippen molar-refractivity contribution in [3.63, 3.8) is 0 Å². The van der Waals surface area contributed by atoms with Crippen LogP contribution >= 0.6 is 0 Å². The van der Waals surface area contributed by atoms with Crippen molar-refractivity contribution >= 4 is 5.91 Å². The van der Waals surface area contributed by atoms with Crippen molar-refractivity contribution in [1.82, 2.24) is 10.2 Å². The van der Waals surface area contributed by atoms with Crippen molar-refractivity contribution in [3.05, 3.63) is 12.2 Å². The van der Waals surface area contributed by atoms with Gasteiger partial charge < -0.3 is 10.2 Å². The van der Waals surface area contributed by atoms with Crippen molar-refractivity contribution in [1.29, 1.82) is 0 Å². The number of hydrogen-bond donors (Lipinski definition) is 1. The van der Waals surface area contributed by atoms with E-state index in [2.05, 4.69) is 36.2 Å². The molecule has 2 bridgehead atoms. The number of carbonyl (C=O) groups is 1. The Kier molecular flexibility index (Phi) is 3.66. The van der Waals surface area contributed by atoms with Gasteiger partial charge in [0.15, 0.2) is 0 Å². The average Bonchev–Trinajstić information content (AvgIpc) is 3.11. The first-order valence-electron chi connectivity index (χ1n) is 7.87. The molecule has 1 N–H and O–H groups in total. The van der Waals surface area contributed by atoms with Crippen LogP contribution in [0.4, 0.5) is 0 Å². The first-order valence-corrected chi connectivity index (χ1v) is 7.87. The Morgan fingerprint density at radius 2 is 2.21 bits per heavy atom. The third-order valence-electron chi connectivity index (χ3n) is 5.08. The lowest BCUT2D eigenvalue weighted by Gasteiger charge is -2.33. The Hall–Kier alpha value is -0.830. The fraction of sp³-hybridized carbons (Fsp3) is 0.812. The zero-order chi connectivity index (χ0) is 13.4. The van der Waals surface area contributed by atoms with Crippen LogP contribution in [0.1, 0.15) is 39.5 Å². The van der Waals surface area contributed by atoms with Crippen molar-refractivity contribution in [2.45, 2.75) is 51.6 Å². The van der Waals surface area contributed by atoms with E-state index in [9.17, 15) is 4.79 Å². The summed E-state index contributed by atoms with van der Waals surface area (Å²) >= 11 is 0. The van der Waals surface area contributed by atoms with Gasteiger partial charge in [-0.25, -0.2) is 0 Å². The summed E-state index contributed by atoms with van der Waals surface area (Å²) in [7, 11) is 0. The largest absolute Gasteiger partial charge is 0.338 e. The molecule has 19 heavy (non-hydrogen) atoms. The second-order valence-corrected chi connectivity index (χ2v) is 6.76. The molecular formula is C16H26N2O. The SMILES string of the molecule is CC(C)N(CC1CCCN1)C(=O)C1CC2C=CC1C2. The summed E-state index contributed by atoms with van der Waals surface area (Å²) in [6, 6.07) is 0.832. The molecule has 1 saturated carbocycles. The zero-order valence-electron chi connectivity index (χ0n) is 12.1. The molecular weight excluding hydrogens is 236 g/mol. The molecule has 2 aliphatic carbocycles. The second-order valence-electron chi connectivity index (χ2n) is 6.76. The van der Waals surface area contributed by atoms with E-state index < -0.39 is 0 Å². The molecule has 0 aromatic rings. The van der Waals surface area contributed by atoms with Gasteiger partial charge in [0, 0.05) is 24.5 Å². The van der Waals surface area contributed by atoms with E-state index in [0.29, 0.717) is 29.8 Å². The van der Waals surface area contributed by atoms with Crippen molar-refractivity contribution in [3.8, 4) is 0 Å². The Bertz CT molecular complexity index is 371. The molecule has 3 nitrogen and oxygen atoms in total. The van der Waals surface area contributed by atoms with E-state index in [1.54, 1.807) is 0 Å². The van der Waals surface area contributed by atoms with Gasteiger partial charge in [0.1, 0.15) is 0 Å². The fourth-order valence-corrected chi connectivity index (χ4v) is 3.98. The highest BCUT2D eigenvalue weighted by atomic mass is 16.2. The van der Waals surface area contributed by atoms with Crippen LogP contribution in [0.25, 0.3) is 0 Å². The molecule has 106 valence electrons. The first kappa shape index (κ1) is 13.2. The minimum Gasteiger partial charge on any atom is -0.338 e. The molecule has 2 fully saturated rings. The molecule has 0 radical (unpaired) electrons. The quantitative estimate of drug-likeness (QED) is 0.788. The standard InChI is InChI=1S/C16H26N2O/c1-11(2)18(10-14-4-3-7-17-14)16(19)15-9-12-5-6-13(15)8-12/h5-6,11-15,17H,3-4,7-10H2,1-2H3. The Balaban J connectivity index is 1.65. The minimum atomic E-state index is 0.263. The molecule has 1 amide bonds. The van der Waals surface area contributed by atoms with Gasteiger partial charge in [-0.2, -0.15) is 0 Å². The maximum atomic E-state index is 12.8. The number of hydrogen-bond acceptors (Lipinski definition) is 2. The van der Waals surface area contributed by atoms with Crippen LogP contribution in [0.15, 0.2) is 12.2 Å². The lowest BCUT2D eigenvalue weighted by atomic mass is 9.91. The molecule has 1 aliphatic heterocycles. The highest BCUT2D eigenvalue weighted by Gasteiger charge is 2.42. The van der Waals surface area contributed by atoms with Gasteiger partial charge >= 0.3 is 0 Å². The van der Waals surface area contributed by atoms with Crippen LogP contribution in [0.2, 0.25) is 0 Å². The molecule has 1 heterocycles. The van der Waals surface area contributed by atoms with Crippen LogP contribution in [0.5, 0.6) is 0 Å². The van der Waals surface area contributed by atoms with E-state index in [-0.39, 0.29) is 5.92 Å². The number of carbonyl (C=O) groups excluding carboxylic acids is 1. The van der Waals surface area contributed by atoms with Crippen LogP contribution < -0.4 is 5.32 Å². The lowest BCUT2D eigenvalue weighted by molar-refractivity contribution is -0.138. The highest BCUT2D eigenvalue weighted by molar-refractivity contribution is 5.80. The maximum Gasteiger partial charge on any atom is 0.226 e. The summed E-state index contributed by atoms with van der Waals surface area (Å²) in [5.41, 5.74) is 0. The van der Waals surface area contributed by atoms with Gasteiger partial charge in [-0.1, -0.05) is 12.2 Å². The van der Waals surface area contributed by atoms with Gasteiger partial charge in [-0.3, -0.25) is 4.79 Å². The molecule has 0 spiro atoms. The number of nitrogens with one attached hydrogen (secondary N) is 1. The predicted molar refractivity (Wildman–Crippen MR) is 76.7 cm³/mol. The monoisotopic (exact) mass is 262 g/mol. The number of allylic oxidation sites excluding steroid dienone is 2. The minimum absolute atomic E-state index is 0.263. The zero-order valence-corrected chi connectivity index (χ0v) is 12.1. The molecule has 4 atom stereocenters. The van der Waals surface area contributed by atoms with E-state index in [0.717, 1.165) is 19.5 Å². The molecule has 4 unspecified atom stereocenters. The lowest BCUT2D eigenvalue weighted by Crippen LogP contribution is -2.47. The van der Waals surface area contributed by atoms with Crippen molar-refractivity contribution in [2.24, 2.45) is 17.8 Å². The van der Waals surface area contributed by atoms with Gasteiger partial charge in [-0.05, 0) is 57.9 Å². The molecule has 0 aromatic carbocycles. The fourth-order valence-electron chi connectivity index (χ4n) is 3.98. The van der Waals surface area contributed by atoms with E-state index in [4.69, 9.17) is 0 Å². The summed E-state index contributed by atoms with van der Waals surface area (Å²) < 4.78 is 0. The summed E-state index contributed by atoms with van der Waals surface area (Å²) in [5.74, 6) is 1.87. The average molecular weight is 262 g/mol. The second kappa shape index (κ2) is 5.28. The molecule has 3 aliphatic rings. The van der Waals surface area contributed by atoms with E-state index in [1.165, 1.54) is 19.3 Å². The number of nitrogens with zero attached hydrogens (tertiary/aromatic N) is 1. The topological polar surface area (TPSA) is 32.3 Å². The number of rotatable bonds is 4. The Labute approximate surface area is 116 Å². The van der Waals surface area contributed by atoms with Gasteiger partial charge in [0.2, 0.25) is 5.91 Å². The molecule has 1 saturated heterocycles. The third kappa shape index (κ3) is 2.58. The summed E-state index contributed by atoms with van der Waals surface area (Å²) in [6.07, 6.45) is 9.36. The summed E-state index contributed by atoms with van der Waals surface area (Å²) in [4.78, 5) is 15.0. The van der Waals surface area contributed by atoms with Crippen LogP contribution in [-0.2, 0) is 4.79 Å². The summed E-state index contributed by atoms with van der Waals surface area (Å²) in [6.45, 7) is 6.31. The van der Waals surface area contributed by atoms with Gasteiger partial charge in [0.25, 0.3) is 0 Å². The smallest absolute Gasteiger partial charge is 0.226 e. The molecule has 3 rings (SSSR count). The molecule has 3 heteroatoms. The number of fused-ring (bicyclic) bond motifs is 2. The Morgan fingerprint density at radius 1 is 1.37 bits per heavy atom. The van der Waals surface area contributed by atoms with Crippen LogP contribution in [0.3, 0.4) is 0 Å². The Morgan fingerprint density at radius 3 is 2.74 bits per heavy atom. The van der Waals surface area contributed by atoms with E-state index >= 15 is 0 Å². The number of amides is 1. The molecule has 0 aromatic heterocycles. The maximum absolute atomic E-state index is 12.8.